The van der Waals surface area contributed by atoms with Crippen molar-refractivity contribution in [2.45, 2.75) is 0 Å². The fourth-order valence-corrected chi connectivity index (χ4v) is 2.48. The van der Waals surface area contributed by atoms with Crippen LogP contribution in [0.5, 0.6) is 5.75 Å². The molecule has 12 heteroatoms. The Hall–Kier alpha value is -2.62. The molecular formula is C16H10Cl3FN2O6. The number of halogens is 4. The fourth-order valence-electron chi connectivity index (χ4n) is 1.89. The lowest BCUT2D eigenvalue weighted by atomic mass is 10.2. The van der Waals surface area contributed by atoms with Gasteiger partial charge in [0.2, 0.25) is 0 Å². The second-order valence-corrected chi connectivity index (χ2v) is 6.33. The first-order valence-electron chi connectivity index (χ1n) is 7.34. The van der Waals surface area contributed by atoms with E-state index in [0.29, 0.717) is 6.07 Å². The lowest BCUT2D eigenvalue weighted by Gasteiger charge is -2.10. The molecule has 2 rings (SSSR count). The Morgan fingerprint density at radius 2 is 1.75 bits per heavy atom. The molecule has 1 amide bonds. The van der Waals surface area contributed by atoms with Gasteiger partial charge in [-0.05, 0) is 18.2 Å². The van der Waals surface area contributed by atoms with E-state index in [4.69, 9.17) is 44.3 Å². The Bertz CT molecular complexity index is 941. The third-order valence-corrected chi connectivity index (χ3v) is 4.13. The summed E-state index contributed by atoms with van der Waals surface area (Å²) in [6, 6.07) is 5.23. The fraction of sp³-hybridized carbons (Fsp3) is 0.125. The first kappa shape index (κ1) is 21.7. The van der Waals surface area contributed by atoms with Crippen molar-refractivity contribution in [2.24, 2.45) is 0 Å². The number of esters is 1. The predicted molar refractivity (Wildman–Crippen MR) is 99.6 cm³/mol. The molecule has 0 spiro atoms. The van der Waals surface area contributed by atoms with E-state index in [0.717, 1.165) is 12.1 Å². The molecule has 0 aliphatic heterocycles. The highest BCUT2D eigenvalue weighted by atomic mass is 35.5. The van der Waals surface area contributed by atoms with Crippen molar-refractivity contribution in [1.82, 2.24) is 0 Å². The lowest BCUT2D eigenvalue weighted by molar-refractivity contribution is -0.384. The highest BCUT2D eigenvalue weighted by Crippen LogP contribution is 2.33. The first-order chi connectivity index (χ1) is 13.2. The van der Waals surface area contributed by atoms with E-state index in [1.807, 2.05) is 0 Å². The number of ether oxygens (including phenoxy) is 2. The number of nitrogens with one attached hydrogen (secondary N) is 1. The summed E-state index contributed by atoms with van der Waals surface area (Å²) in [7, 11) is 0. The molecule has 0 heterocycles. The number of rotatable bonds is 7. The second kappa shape index (κ2) is 9.54. The molecule has 2 aromatic carbocycles. The lowest BCUT2D eigenvalue weighted by Crippen LogP contribution is -2.24. The molecule has 0 saturated carbocycles. The van der Waals surface area contributed by atoms with Crippen molar-refractivity contribution in [3.8, 4) is 5.75 Å². The van der Waals surface area contributed by atoms with Crippen molar-refractivity contribution >= 4 is 58.1 Å². The van der Waals surface area contributed by atoms with Gasteiger partial charge >= 0.3 is 5.97 Å². The van der Waals surface area contributed by atoms with Gasteiger partial charge < -0.3 is 14.8 Å². The third-order valence-electron chi connectivity index (χ3n) is 3.12. The van der Waals surface area contributed by atoms with Crippen LogP contribution in [0.4, 0.5) is 15.8 Å². The summed E-state index contributed by atoms with van der Waals surface area (Å²) in [6.45, 7) is -1.33. The Morgan fingerprint density at radius 1 is 1.07 bits per heavy atom. The molecule has 8 nitrogen and oxygen atoms in total. The first-order valence-corrected chi connectivity index (χ1v) is 8.47. The minimum absolute atomic E-state index is 0.0828. The third kappa shape index (κ3) is 5.95. The number of amides is 1. The van der Waals surface area contributed by atoms with Crippen LogP contribution in [0, 0.1) is 15.9 Å². The maximum absolute atomic E-state index is 13.1. The van der Waals surface area contributed by atoms with E-state index in [1.54, 1.807) is 0 Å². The molecule has 0 aliphatic carbocycles. The maximum Gasteiger partial charge on any atom is 0.344 e. The number of hydrogen-bond donors (Lipinski definition) is 1. The maximum atomic E-state index is 13.1. The van der Waals surface area contributed by atoms with Crippen LogP contribution in [0.3, 0.4) is 0 Å². The average molecular weight is 452 g/mol. The van der Waals surface area contributed by atoms with Gasteiger partial charge in [-0.3, -0.25) is 14.9 Å². The summed E-state index contributed by atoms with van der Waals surface area (Å²) in [5.74, 6) is -2.53. The van der Waals surface area contributed by atoms with Gasteiger partial charge in [-0.1, -0.05) is 34.8 Å². The molecular weight excluding hydrogens is 442 g/mol. The number of nitrogens with zero attached hydrogens (tertiary/aromatic N) is 1. The number of hydrogen-bond acceptors (Lipinski definition) is 6. The highest BCUT2D eigenvalue weighted by molar-refractivity contribution is 6.43. The zero-order valence-electron chi connectivity index (χ0n) is 13.7. The molecule has 1 N–H and O–H groups in total. The van der Waals surface area contributed by atoms with Gasteiger partial charge in [0, 0.05) is 6.07 Å². The Morgan fingerprint density at radius 3 is 2.43 bits per heavy atom. The van der Waals surface area contributed by atoms with Crippen LogP contribution >= 0.6 is 34.8 Å². The quantitative estimate of drug-likeness (QED) is 0.292. The molecule has 0 atom stereocenters. The van der Waals surface area contributed by atoms with Crippen molar-refractivity contribution in [1.29, 1.82) is 0 Å². The standard InChI is InChI=1S/C16H10Cl3FN2O6/c17-9-4-11(19)14(5-10(9)18)27-7-16(24)28-6-15(23)21-12-2-1-8(20)3-13(12)22(25)26/h1-5H,6-7H2,(H,21,23). The number of anilines is 1. The number of nitro benzene ring substituents is 1. The summed E-state index contributed by atoms with van der Waals surface area (Å²) >= 11 is 17.5. The molecule has 0 saturated heterocycles. The minimum Gasteiger partial charge on any atom is -0.480 e. The number of carbonyl (C=O) groups is 2. The van der Waals surface area contributed by atoms with E-state index in [1.165, 1.54) is 12.1 Å². The monoisotopic (exact) mass is 450 g/mol. The van der Waals surface area contributed by atoms with Crippen LogP contribution in [0.1, 0.15) is 0 Å². The van der Waals surface area contributed by atoms with Crippen LogP contribution in [-0.4, -0.2) is 30.0 Å². The van der Waals surface area contributed by atoms with Crippen LogP contribution in [0.2, 0.25) is 15.1 Å². The van der Waals surface area contributed by atoms with E-state index in [9.17, 15) is 24.1 Å². The highest BCUT2D eigenvalue weighted by Gasteiger charge is 2.18. The summed E-state index contributed by atoms with van der Waals surface area (Å²) in [5.41, 5.74) is -0.886. The summed E-state index contributed by atoms with van der Waals surface area (Å²) in [5, 5.41) is 13.5. The smallest absolute Gasteiger partial charge is 0.344 e. The summed E-state index contributed by atoms with van der Waals surface area (Å²) < 4.78 is 22.9. The zero-order chi connectivity index (χ0) is 20.8. The van der Waals surface area contributed by atoms with Crippen molar-refractivity contribution in [2.75, 3.05) is 18.5 Å². The molecule has 148 valence electrons. The van der Waals surface area contributed by atoms with Crippen LogP contribution in [-0.2, 0) is 14.3 Å². The van der Waals surface area contributed by atoms with E-state index in [2.05, 4.69) is 5.32 Å². The zero-order valence-corrected chi connectivity index (χ0v) is 16.0. The Kier molecular flexibility index (Phi) is 7.38. The largest absolute Gasteiger partial charge is 0.480 e. The molecule has 28 heavy (non-hydrogen) atoms. The molecule has 0 unspecified atom stereocenters. The van der Waals surface area contributed by atoms with E-state index >= 15 is 0 Å². The topological polar surface area (TPSA) is 108 Å². The Balaban J connectivity index is 1.87. The van der Waals surface area contributed by atoms with Crippen LogP contribution < -0.4 is 10.1 Å². The average Bonchev–Trinajstić information content (AvgIpc) is 2.63. The van der Waals surface area contributed by atoms with E-state index < -0.39 is 41.5 Å². The second-order valence-electron chi connectivity index (χ2n) is 5.11. The molecule has 0 fully saturated rings. The number of nitro groups is 1. The number of carbonyl (C=O) groups excluding carboxylic acids is 2. The normalized spacial score (nSPS) is 10.3. The van der Waals surface area contributed by atoms with Gasteiger partial charge in [0.05, 0.1) is 26.1 Å². The van der Waals surface area contributed by atoms with Crippen molar-refractivity contribution in [3.63, 3.8) is 0 Å². The van der Waals surface area contributed by atoms with Crippen LogP contribution in [0.25, 0.3) is 0 Å². The van der Waals surface area contributed by atoms with Gasteiger partial charge in [0.25, 0.3) is 11.6 Å². The number of benzene rings is 2. The minimum atomic E-state index is -0.911. The van der Waals surface area contributed by atoms with Crippen molar-refractivity contribution in [3.05, 3.63) is 61.3 Å². The van der Waals surface area contributed by atoms with Gasteiger partial charge in [-0.2, -0.15) is 0 Å². The van der Waals surface area contributed by atoms with Gasteiger partial charge in [0.15, 0.2) is 13.2 Å². The van der Waals surface area contributed by atoms with E-state index in [-0.39, 0.29) is 26.5 Å². The molecule has 2 aromatic rings. The van der Waals surface area contributed by atoms with Gasteiger partial charge in [-0.25, -0.2) is 9.18 Å². The van der Waals surface area contributed by atoms with Gasteiger partial charge in [-0.15, -0.1) is 0 Å². The van der Waals surface area contributed by atoms with Crippen LogP contribution in [0.15, 0.2) is 30.3 Å². The van der Waals surface area contributed by atoms with Crippen molar-refractivity contribution < 1.29 is 28.4 Å². The molecule has 0 radical (unpaired) electrons. The van der Waals surface area contributed by atoms with Gasteiger partial charge in [0.1, 0.15) is 17.3 Å². The summed E-state index contributed by atoms with van der Waals surface area (Å²) in [4.78, 5) is 33.5. The Labute approximate surface area is 172 Å². The molecule has 0 aromatic heterocycles. The summed E-state index contributed by atoms with van der Waals surface area (Å²) in [6.07, 6.45) is 0. The predicted octanol–water partition coefficient (Wildman–Crippen LogP) is 4.25. The SMILES string of the molecule is O=C(COC(=O)COc1cc(Cl)c(Cl)cc1Cl)Nc1ccc(F)cc1[N+](=O)[O-]. The molecule has 0 bridgehead atoms. The molecule has 0 aliphatic rings.